The molecule has 0 bridgehead atoms. The highest BCUT2D eigenvalue weighted by molar-refractivity contribution is 5.89. The minimum Gasteiger partial charge on any atom is -0.464 e. The molecule has 0 amide bonds. The molecule has 1 atom stereocenters. The smallest absolute Gasteiger partial charge is 0.199 e. The Labute approximate surface area is 112 Å². The first-order valence-corrected chi connectivity index (χ1v) is 6.58. The van der Waals surface area contributed by atoms with E-state index in [0.717, 1.165) is 42.4 Å². The molecule has 0 saturated carbocycles. The number of nitriles is 1. The first-order valence-electron chi connectivity index (χ1n) is 6.58. The Kier molecular flexibility index (Phi) is 3.35. The normalized spacial score (nSPS) is 19.0. The maximum absolute atomic E-state index is 8.93. The molecule has 1 fully saturated rings. The van der Waals surface area contributed by atoms with Crippen molar-refractivity contribution in [3.8, 4) is 11.8 Å². The largest absolute Gasteiger partial charge is 0.464 e. The zero-order valence-electron chi connectivity index (χ0n) is 10.6. The number of hydrogen-bond donors (Lipinski definition) is 0. The van der Waals surface area contributed by atoms with Crippen molar-refractivity contribution in [2.75, 3.05) is 6.61 Å². The zero-order chi connectivity index (χ0) is 13.1. The average Bonchev–Trinajstić information content (AvgIpc) is 2.48. The number of ether oxygens (including phenoxy) is 2. The molecule has 2 aromatic carbocycles. The Hall–Kier alpha value is -2.05. The van der Waals surface area contributed by atoms with Crippen LogP contribution in [0.1, 0.15) is 24.8 Å². The molecule has 1 unspecified atom stereocenters. The fourth-order valence-electron chi connectivity index (χ4n) is 2.37. The highest BCUT2D eigenvalue weighted by atomic mass is 16.7. The minimum atomic E-state index is -0.144. The number of nitrogens with zero attached hydrogens (tertiary/aromatic N) is 1. The molecular formula is C16H15NO2. The Bertz CT molecular complexity index is 624. The molecule has 0 N–H and O–H groups in total. The second-order valence-electron chi connectivity index (χ2n) is 4.72. The van der Waals surface area contributed by atoms with Crippen LogP contribution in [0.15, 0.2) is 36.4 Å². The van der Waals surface area contributed by atoms with Gasteiger partial charge in [0.05, 0.1) is 18.2 Å². The third-order valence-corrected chi connectivity index (χ3v) is 3.37. The fraction of sp³-hybridized carbons (Fsp3) is 0.312. The van der Waals surface area contributed by atoms with Gasteiger partial charge in [-0.05, 0) is 42.5 Å². The summed E-state index contributed by atoms with van der Waals surface area (Å²) in [7, 11) is 0. The van der Waals surface area contributed by atoms with E-state index in [0.29, 0.717) is 5.56 Å². The molecule has 1 heterocycles. The van der Waals surface area contributed by atoms with E-state index in [1.54, 1.807) is 0 Å². The predicted molar refractivity (Wildman–Crippen MR) is 72.9 cm³/mol. The van der Waals surface area contributed by atoms with Gasteiger partial charge in [0.2, 0.25) is 0 Å². The molecule has 2 aromatic rings. The third kappa shape index (κ3) is 2.54. The molecule has 1 saturated heterocycles. The number of fused-ring (bicyclic) bond motifs is 1. The van der Waals surface area contributed by atoms with E-state index in [2.05, 4.69) is 6.07 Å². The molecule has 3 heteroatoms. The summed E-state index contributed by atoms with van der Waals surface area (Å²) < 4.78 is 11.5. The van der Waals surface area contributed by atoms with Gasteiger partial charge in [0.1, 0.15) is 5.75 Å². The van der Waals surface area contributed by atoms with E-state index in [1.807, 2.05) is 36.4 Å². The summed E-state index contributed by atoms with van der Waals surface area (Å²) in [6.45, 7) is 0.772. The molecule has 0 spiro atoms. The van der Waals surface area contributed by atoms with Crippen LogP contribution in [-0.2, 0) is 4.74 Å². The zero-order valence-corrected chi connectivity index (χ0v) is 10.6. The van der Waals surface area contributed by atoms with Crippen molar-refractivity contribution >= 4 is 10.8 Å². The van der Waals surface area contributed by atoms with Gasteiger partial charge in [-0.3, -0.25) is 0 Å². The van der Waals surface area contributed by atoms with E-state index < -0.39 is 0 Å². The van der Waals surface area contributed by atoms with Crippen molar-refractivity contribution in [3.05, 3.63) is 42.0 Å². The Balaban J connectivity index is 1.92. The monoisotopic (exact) mass is 253 g/mol. The number of benzene rings is 2. The molecule has 19 heavy (non-hydrogen) atoms. The third-order valence-electron chi connectivity index (χ3n) is 3.37. The summed E-state index contributed by atoms with van der Waals surface area (Å²) in [4.78, 5) is 0. The summed E-state index contributed by atoms with van der Waals surface area (Å²) in [5.74, 6) is 0.828. The summed E-state index contributed by atoms with van der Waals surface area (Å²) in [5.41, 5.74) is 0.665. The molecule has 1 aliphatic rings. The maximum Gasteiger partial charge on any atom is 0.199 e. The lowest BCUT2D eigenvalue weighted by molar-refractivity contribution is -0.105. The summed E-state index contributed by atoms with van der Waals surface area (Å²) >= 11 is 0. The van der Waals surface area contributed by atoms with Crippen LogP contribution in [-0.4, -0.2) is 12.9 Å². The van der Waals surface area contributed by atoms with Crippen LogP contribution in [0.2, 0.25) is 0 Å². The molecule has 0 aliphatic carbocycles. The van der Waals surface area contributed by atoms with Crippen LogP contribution in [0.4, 0.5) is 0 Å². The Morgan fingerprint density at radius 1 is 1.21 bits per heavy atom. The summed E-state index contributed by atoms with van der Waals surface area (Å²) in [5, 5.41) is 11.0. The van der Waals surface area contributed by atoms with Crippen LogP contribution in [0.25, 0.3) is 10.8 Å². The highest BCUT2D eigenvalue weighted by Crippen LogP contribution is 2.28. The van der Waals surface area contributed by atoms with E-state index in [4.69, 9.17) is 14.7 Å². The first kappa shape index (κ1) is 12.0. The van der Waals surface area contributed by atoms with Crippen LogP contribution in [0.3, 0.4) is 0 Å². The van der Waals surface area contributed by atoms with E-state index in [1.165, 1.54) is 0 Å². The predicted octanol–water partition coefficient (Wildman–Crippen LogP) is 3.62. The molecule has 3 nitrogen and oxygen atoms in total. The van der Waals surface area contributed by atoms with Crippen LogP contribution < -0.4 is 4.74 Å². The number of hydrogen-bond acceptors (Lipinski definition) is 3. The van der Waals surface area contributed by atoms with Crippen molar-refractivity contribution in [3.63, 3.8) is 0 Å². The molecule has 96 valence electrons. The molecular weight excluding hydrogens is 238 g/mol. The van der Waals surface area contributed by atoms with Gasteiger partial charge in [-0.2, -0.15) is 5.26 Å². The SMILES string of the molecule is N#Cc1ccc2c(OC3CCCCO3)cccc2c1. The van der Waals surface area contributed by atoms with Crippen LogP contribution >= 0.6 is 0 Å². The van der Waals surface area contributed by atoms with Crippen LogP contribution in [0.5, 0.6) is 5.75 Å². The van der Waals surface area contributed by atoms with Gasteiger partial charge in [0, 0.05) is 11.8 Å². The topological polar surface area (TPSA) is 42.2 Å². The van der Waals surface area contributed by atoms with Gasteiger partial charge in [-0.25, -0.2) is 0 Å². The minimum absolute atomic E-state index is 0.144. The lowest BCUT2D eigenvalue weighted by atomic mass is 10.1. The molecule has 1 aliphatic heterocycles. The molecule has 0 radical (unpaired) electrons. The van der Waals surface area contributed by atoms with Crippen molar-refractivity contribution in [1.82, 2.24) is 0 Å². The van der Waals surface area contributed by atoms with Gasteiger partial charge in [-0.1, -0.05) is 12.1 Å². The quantitative estimate of drug-likeness (QED) is 0.821. The van der Waals surface area contributed by atoms with Gasteiger partial charge in [0.25, 0.3) is 0 Å². The maximum atomic E-state index is 8.93. The van der Waals surface area contributed by atoms with Crippen LogP contribution in [0, 0.1) is 11.3 Å². The van der Waals surface area contributed by atoms with Crippen molar-refractivity contribution in [2.24, 2.45) is 0 Å². The summed E-state index contributed by atoms with van der Waals surface area (Å²) in [6, 6.07) is 13.7. The first-order chi connectivity index (χ1) is 9.36. The Morgan fingerprint density at radius 3 is 2.95 bits per heavy atom. The second kappa shape index (κ2) is 5.29. The van der Waals surface area contributed by atoms with E-state index in [-0.39, 0.29) is 6.29 Å². The van der Waals surface area contributed by atoms with Crippen molar-refractivity contribution in [1.29, 1.82) is 5.26 Å². The lowest BCUT2D eigenvalue weighted by Gasteiger charge is -2.24. The molecule has 0 aromatic heterocycles. The molecule has 3 rings (SSSR count). The lowest BCUT2D eigenvalue weighted by Crippen LogP contribution is -2.25. The number of rotatable bonds is 2. The second-order valence-corrected chi connectivity index (χ2v) is 4.72. The summed E-state index contributed by atoms with van der Waals surface area (Å²) in [6.07, 6.45) is 3.05. The van der Waals surface area contributed by atoms with Gasteiger partial charge < -0.3 is 9.47 Å². The average molecular weight is 253 g/mol. The van der Waals surface area contributed by atoms with Gasteiger partial charge >= 0.3 is 0 Å². The van der Waals surface area contributed by atoms with E-state index in [9.17, 15) is 0 Å². The fourth-order valence-corrected chi connectivity index (χ4v) is 2.37. The van der Waals surface area contributed by atoms with Crippen molar-refractivity contribution in [2.45, 2.75) is 25.6 Å². The Morgan fingerprint density at radius 2 is 2.16 bits per heavy atom. The van der Waals surface area contributed by atoms with Crippen molar-refractivity contribution < 1.29 is 9.47 Å². The standard InChI is InChI=1S/C16H15NO2/c17-11-12-7-8-14-13(10-12)4-3-5-15(14)19-16-6-1-2-9-18-16/h3-5,7-8,10,16H,1-2,6,9H2. The van der Waals surface area contributed by atoms with Gasteiger partial charge in [-0.15, -0.1) is 0 Å². The van der Waals surface area contributed by atoms with Gasteiger partial charge in [0.15, 0.2) is 6.29 Å². The highest BCUT2D eigenvalue weighted by Gasteiger charge is 2.16. The van der Waals surface area contributed by atoms with E-state index >= 15 is 0 Å².